The lowest BCUT2D eigenvalue weighted by Crippen LogP contribution is -2.50. The number of carbonyl (C=O) groups excluding carboxylic acids is 1. The first-order chi connectivity index (χ1) is 10.1. The summed E-state index contributed by atoms with van der Waals surface area (Å²) < 4.78 is 0. The summed E-state index contributed by atoms with van der Waals surface area (Å²) in [7, 11) is 0. The van der Waals surface area contributed by atoms with Gasteiger partial charge in [-0.25, -0.2) is 0 Å². The molecule has 3 atom stereocenters. The molecule has 1 amide bonds. The Balaban J connectivity index is 1.66. The van der Waals surface area contributed by atoms with E-state index in [4.69, 9.17) is 11.6 Å². The van der Waals surface area contributed by atoms with Crippen LogP contribution in [-0.4, -0.2) is 29.2 Å². The van der Waals surface area contributed by atoms with E-state index in [1.54, 1.807) is 6.07 Å². The Hall–Kier alpha value is -1.52. The summed E-state index contributed by atoms with van der Waals surface area (Å²) in [5.41, 5.74) is 1.87. The van der Waals surface area contributed by atoms with Crippen molar-refractivity contribution in [1.82, 2.24) is 5.32 Å². The lowest BCUT2D eigenvalue weighted by molar-refractivity contribution is -0.122. The Morgan fingerprint density at radius 2 is 2.14 bits per heavy atom. The number of benzene rings is 1. The van der Waals surface area contributed by atoms with E-state index in [9.17, 15) is 9.90 Å². The average Bonchev–Trinajstić information content (AvgIpc) is 2.49. The Morgan fingerprint density at radius 1 is 1.33 bits per heavy atom. The largest absolute Gasteiger partial charge is 0.391 e. The molecule has 0 spiro atoms. The van der Waals surface area contributed by atoms with Crippen LogP contribution in [0.15, 0.2) is 24.3 Å². The van der Waals surface area contributed by atoms with Crippen molar-refractivity contribution in [2.24, 2.45) is 0 Å². The number of rotatable bonds is 2. The van der Waals surface area contributed by atoms with Gasteiger partial charge in [-0.3, -0.25) is 4.79 Å². The third-order valence-corrected chi connectivity index (χ3v) is 4.37. The molecule has 0 bridgehead atoms. The quantitative estimate of drug-likeness (QED) is 0.787. The van der Waals surface area contributed by atoms with Crippen LogP contribution in [0.1, 0.15) is 31.2 Å². The molecular formula is C16H19ClN2O2. The minimum Gasteiger partial charge on any atom is -0.391 e. The van der Waals surface area contributed by atoms with Gasteiger partial charge in [0.1, 0.15) is 6.04 Å². The van der Waals surface area contributed by atoms with Crippen LogP contribution in [0.2, 0.25) is 5.02 Å². The molecule has 4 nitrogen and oxygen atoms in total. The highest BCUT2D eigenvalue weighted by Crippen LogP contribution is 2.26. The van der Waals surface area contributed by atoms with Crippen molar-refractivity contribution >= 4 is 29.3 Å². The number of halogens is 1. The Labute approximate surface area is 129 Å². The van der Waals surface area contributed by atoms with Crippen molar-refractivity contribution < 1.29 is 9.90 Å². The highest BCUT2D eigenvalue weighted by atomic mass is 35.5. The van der Waals surface area contributed by atoms with Crippen molar-refractivity contribution in [3.8, 4) is 0 Å². The van der Waals surface area contributed by atoms with Gasteiger partial charge >= 0.3 is 0 Å². The predicted molar refractivity (Wildman–Crippen MR) is 84.3 cm³/mol. The van der Waals surface area contributed by atoms with Crippen molar-refractivity contribution in [2.75, 3.05) is 5.32 Å². The van der Waals surface area contributed by atoms with Gasteiger partial charge in [-0.15, -0.1) is 0 Å². The van der Waals surface area contributed by atoms with Gasteiger partial charge in [0.2, 0.25) is 5.91 Å². The maximum absolute atomic E-state index is 12.3. The third kappa shape index (κ3) is 3.22. The lowest BCUT2D eigenvalue weighted by Gasteiger charge is -2.30. The second-order valence-electron chi connectivity index (χ2n) is 5.68. The standard InChI is InChI=1S/C16H19ClN2O2/c17-11-6-8-12-10(9-11)5-7-14(18-12)16(21)19-13-3-1-2-4-15(13)20/h5-9,13-15,18,20H,1-4H2,(H,19,21). The number of aliphatic hydroxyl groups is 1. The minimum absolute atomic E-state index is 0.0993. The fourth-order valence-electron chi connectivity index (χ4n) is 2.92. The van der Waals surface area contributed by atoms with Crippen molar-refractivity contribution in [3.63, 3.8) is 0 Å². The van der Waals surface area contributed by atoms with E-state index in [-0.39, 0.29) is 11.9 Å². The first-order valence-electron chi connectivity index (χ1n) is 7.36. The number of carbonyl (C=O) groups is 1. The number of amides is 1. The van der Waals surface area contributed by atoms with Crippen LogP contribution < -0.4 is 10.6 Å². The van der Waals surface area contributed by atoms with Crippen LogP contribution in [0.5, 0.6) is 0 Å². The van der Waals surface area contributed by atoms with Crippen LogP contribution in [0, 0.1) is 0 Å². The molecule has 3 N–H and O–H groups in total. The summed E-state index contributed by atoms with van der Waals surface area (Å²) in [6.45, 7) is 0. The second kappa shape index (κ2) is 6.08. The molecule has 0 radical (unpaired) electrons. The predicted octanol–water partition coefficient (Wildman–Crippen LogP) is 2.57. The molecule has 1 aromatic rings. The molecule has 3 unspecified atom stereocenters. The van der Waals surface area contributed by atoms with Gasteiger partial charge in [0.25, 0.3) is 0 Å². The van der Waals surface area contributed by atoms with Gasteiger partial charge < -0.3 is 15.7 Å². The van der Waals surface area contributed by atoms with Gasteiger partial charge in [-0.2, -0.15) is 0 Å². The summed E-state index contributed by atoms with van der Waals surface area (Å²) in [6.07, 6.45) is 6.99. The zero-order valence-electron chi connectivity index (χ0n) is 11.7. The smallest absolute Gasteiger partial charge is 0.246 e. The first kappa shape index (κ1) is 14.4. The molecule has 1 aliphatic heterocycles. The number of aliphatic hydroxyl groups excluding tert-OH is 1. The normalized spacial score (nSPS) is 27.6. The number of hydrogen-bond acceptors (Lipinski definition) is 3. The Morgan fingerprint density at radius 3 is 2.95 bits per heavy atom. The molecule has 21 heavy (non-hydrogen) atoms. The number of fused-ring (bicyclic) bond motifs is 1. The average molecular weight is 307 g/mol. The maximum atomic E-state index is 12.3. The zero-order valence-corrected chi connectivity index (χ0v) is 12.4. The lowest BCUT2D eigenvalue weighted by atomic mass is 9.92. The van der Waals surface area contributed by atoms with Crippen LogP contribution in [0.25, 0.3) is 6.08 Å². The van der Waals surface area contributed by atoms with Gasteiger partial charge in [0.15, 0.2) is 0 Å². The fourth-order valence-corrected chi connectivity index (χ4v) is 3.10. The van der Waals surface area contributed by atoms with Gasteiger partial charge in [0.05, 0.1) is 12.1 Å². The van der Waals surface area contributed by atoms with E-state index in [1.165, 1.54) is 0 Å². The monoisotopic (exact) mass is 306 g/mol. The molecule has 3 rings (SSSR count). The van der Waals surface area contributed by atoms with E-state index >= 15 is 0 Å². The third-order valence-electron chi connectivity index (χ3n) is 4.13. The summed E-state index contributed by atoms with van der Waals surface area (Å²) in [5.74, 6) is -0.0993. The Kier molecular flexibility index (Phi) is 4.17. The summed E-state index contributed by atoms with van der Waals surface area (Å²) in [4.78, 5) is 12.3. The summed E-state index contributed by atoms with van der Waals surface area (Å²) in [6, 6.07) is 4.99. The number of anilines is 1. The molecule has 1 saturated carbocycles. The maximum Gasteiger partial charge on any atom is 0.246 e. The van der Waals surface area contributed by atoms with E-state index < -0.39 is 12.1 Å². The second-order valence-corrected chi connectivity index (χ2v) is 6.12. The Bertz CT molecular complexity index is 573. The van der Waals surface area contributed by atoms with E-state index in [2.05, 4.69) is 10.6 Å². The van der Waals surface area contributed by atoms with Gasteiger partial charge in [-0.1, -0.05) is 36.6 Å². The molecule has 1 fully saturated rings. The van der Waals surface area contributed by atoms with Crippen molar-refractivity contribution in [2.45, 2.75) is 43.9 Å². The van der Waals surface area contributed by atoms with Gasteiger partial charge in [0, 0.05) is 10.7 Å². The highest BCUT2D eigenvalue weighted by Gasteiger charge is 2.27. The van der Waals surface area contributed by atoms with E-state index in [1.807, 2.05) is 24.3 Å². The van der Waals surface area contributed by atoms with E-state index in [0.29, 0.717) is 5.02 Å². The topological polar surface area (TPSA) is 61.4 Å². The molecule has 5 heteroatoms. The molecule has 2 aliphatic rings. The number of nitrogens with one attached hydrogen (secondary N) is 2. The molecule has 0 aromatic heterocycles. The molecule has 1 heterocycles. The van der Waals surface area contributed by atoms with Crippen molar-refractivity contribution in [3.05, 3.63) is 34.9 Å². The molecule has 112 valence electrons. The van der Waals surface area contributed by atoms with Crippen LogP contribution in [0.3, 0.4) is 0 Å². The van der Waals surface area contributed by atoms with Crippen LogP contribution in [0.4, 0.5) is 5.69 Å². The highest BCUT2D eigenvalue weighted by molar-refractivity contribution is 6.30. The number of hydrogen-bond donors (Lipinski definition) is 3. The van der Waals surface area contributed by atoms with Crippen LogP contribution >= 0.6 is 11.6 Å². The molecule has 0 saturated heterocycles. The molecule has 1 aromatic carbocycles. The fraction of sp³-hybridized carbons (Fsp3) is 0.438. The minimum atomic E-state index is -0.429. The molecule has 1 aliphatic carbocycles. The summed E-state index contributed by atoms with van der Waals surface area (Å²) >= 11 is 5.95. The van der Waals surface area contributed by atoms with Crippen LogP contribution in [-0.2, 0) is 4.79 Å². The molecular weight excluding hydrogens is 288 g/mol. The first-order valence-corrected chi connectivity index (χ1v) is 7.74. The zero-order chi connectivity index (χ0) is 14.8. The SMILES string of the molecule is O=C(NC1CCCCC1O)C1C=Cc2cc(Cl)ccc2N1. The van der Waals surface area contributed by atoms with E-state index in [0.717, 1.165) is 36.9 Å². The van der Waals surface area contributed by atoms with Crippen molar-refractivity contribution in [1.29, 1.82) is 0 Å². The summed E-state index contributed by atoms with van der Waals surface area (Å²) in [5, 5.41) is 16.8. The van der Waals surface area contributed by atoms with Gasteiger partial charge in [-0.05, 0) is 36.6 Å².